The van der Waals surface area contributed by atoms with Gasteiger partial charge in [0.2, 0.25) is 0 Å². The largest absolute Gasteiger partial charge is 0.288 e. The fraction of sp³-hybridized carbons (Fsp3) is 0.300. The van der Waals surface area contributed by atoms with Crippen LogP contribution in [0.15, 0.2) is 24.3 Å². The minimum absolute atomic E-state index is 0.272. The van der Waals surface area contributed by atoms with Crippen LogP contribution >= 0.6 is 0 Å². The Kier molecular flexibility index (Phi) is 3.03. The molecule has 0 fully saturated rings. The number of rotatable bonds is 2. The minimum atomic E-state index is -0.454. The predicted octanol–water partition coefficient (Wildman–Crippen LogP) is 1.93. The molecule has 13 heavy (non-hydrogen) atoms. The summed E-state index contributed by atoms with van der Waals surface area (Å²) in [6.07, 6.45) is 0. The number of hydrogen-bond acceptors (Lipinski definition) is 2. The molecule has 1 amide bonds. The molecule has 2 N–H and O–H groups in total. The van der Waals surface area contributed by atoms with Gasteiger partial charge in [-0.2, -0.15) is 0 Å². The zero-order chi connectivity index (χ0) is 9.84. The normalized spacial score (nSPS) is 10.2. The van der Waals surface area contributed by atoms with Crippen LogP contribution in [-0.4, -0.2) is 11.1 Å². The summed E-state index contributed by atoms with van der Waals surface area (Å²) in [6, 6.07) is 7.23. The van der Waals surface area contributed by atoms with Gasteiger partial charge in [0.1, 0.15) is 0 Å². The van der Waals surface area contributed by atoms with Crippen LogP contribution in [0, 0.1) is 0 Å². The van der Waals surface area contributed by atoms with Crippen LogP contribution in [-0.2, 0) is 0 Å². The lowest BCUT2D eigenvalue weighted by Crippen LogP contribution is -2.20. The molecule has 3 heteroatoms. The molecule has 0 spiro atoms. The van der Waals surface area contributed by atoms with Crippen LogP contribution in [0.2, 0.25) is 0 Å². The van der Waals surface area contributed by atoms with Gasteiger partial charge in [0.15, 0.2) is 0 Å². The topological polar surface area (TPSA) is 49.3 Å². The smallest absolute Gasteiger partial charge is 0.274 e. The van der Waals surface area contributed by atoms with Crippen LogP contribution in [0.3, 0.4) is 0 Å². The third-order valence-electron chi connectivity index (χ3n) is 1.93. The highest BCUT2D eigenvalue weighted by molar-refractivity contribution is 5.95. The molecule has 0 aliphatic carbocycles. The molecular formula is C10H13NO2. The summed E-state index contributed by atoms with van der Waals surface area (Å²) in [5.41, 5.74) is 3.10. The minimum Gasteiger partial charge on any atom is -0.288 e. The lowest BCUT2D eigenvalue weighted by Gasteiger charge is -2.10. The van der Waals surface area contributed by atoms with Gasteiger partial charge < -0.3 is 0 Å². The van der Waals surface area contributed by atoms with Crippen LogP contribution < -0.4 is 5.48 Å². The van der Waals surface area contributed by atoms with E-state index in [9.17, 15) is 4.79 Å². The molecule has 0 aliphatic heterocycles. The van der Waals surface area contributed by atoms with Crippen LogP contribution in [0.5, 0.6) is 0 Å². The van der Waals surface area contributed by atoms with Gasteiger partial charge in [-0.05, 0) is 17.5 Å². The number of benzene rings is 1. The van der Waals surface area contributed by atoms with Crippen molar-refractivity contribution >= 4 is 5.91 Å². The maximum absolute atomic E-state index is 11.2. The first-order valence-electron chi connectivity index (χ1n) is 4.20. The monoisotopic (exact) mass is 179 g/mol. The van der Waals surface area contributed by atoms with Crippen molar-refractivity contribution in [3.8, 4) is 0 Å². The van der Waals surface area contributed by atoms with Gasteiger partial charge in [-0.3, -0.25) is 10.0 Å². The summed E-state index contributed by atoms with van der Waals surface area (Å²) in [7, 11) is 0. The molecule has 1 rings (SSSR count). The van der Waals surface area contributed by atoms with Crippen molar-refractivity contribution in [1.82, 2.24) is 5.48 Å². The van der Waals surface area contributed by atoms with Crippen molar-refractivity contribution in [2.75, 3.05) is 0 Å². The third-order valence-corrected chi connectivity index (χ3v) is 1.93. The summed E-state index contributed by atoms with van der Waals surface area (Å²) in [5, 5.41) is 8.49. The van der Waals surface area contributed by atoms with Gasteiger partial charge in [0, 0.05) is 5.56 Å². The third kappa shape index (κ3) is 2.06. The highest BCUT2D eigenvalue weighted by Crippen LogP contribution is 2.18. The van der Waals surface area contributed by atoms with E-state index in [0.29, 0.717) is 5.56 Å². The average Bonchev–Trinajstić information content (AvgIpc) is 2.16. The fourth-order valence-electron chi connectivity index (χ4n) is 1.27. The second-order valence-electron chi connectivity index (χ2n) is 3.18. The molecule has 0 saturated carbocycles. The van der Waals surface area contributed by atoms with Crippen molar-refractivity contribution < 1.29 is 10.0 Å². The highest BCUT2D eigenvalue weighted by atomic mass is 16.5. The van der Waals surface area contributed by atoms with E-state index in [-0.39, 0.29) is 5.92 Å². The number of hydrogen-bond donors (Lipinski definition) is 2. The van der Waals surface area contributed by atoms with E-state index in [1.54, 1.807) is 17.6 Å². The number of carbonyl (C=O) groups is 1. The van der Waals surface area contributed by atoms with E-state index < -0.39 is 5.91 Å². The van der Waals surface area contributed by atoms with E-state index in [2.05, 4.69) is 0 Å². The molecule has 3 nitrogen and oxygen atoms in total. The molecule has 0 heterocycles. The summed E-state index contributed by atoms with van der Waals surface area (Å²) in [4.78, 5) is 11.2. The van der Waals surface area contributed by atoms with Gasteiger partial charge in [0.25, 0.3) is 5.91 Å². The van der Waals surface area contributed by atoms with Crippen molar-refractivity contribution in [3.63, 3.8) is 0 Å². The van der Waals surface area contributed by atoms with Crippen LogP contribution in [0.25, 0.3) is 0 Å². The summed E-state index contributed by atoms with van der Waals surface area (Å²) in [5.74, 6) is -0.183. The quantitative estimate of drug-likeness (QED) is 0.538. The van der Waals surface area contributed by atoms with Gasteiger partial charge in [-0.25, -0.2) is 5.48 Å². The van der Waals surface area contributed by atoms with Crippen molar-refractivity contribution in [2.45, 2.75) is 19.8 Å². The molecule has 1 aromatic rings. The Labute approximate surface area is 77.4 Å². The number of carbonyl (C=O) groups excluding carboxylic acids is 1. The maximum atomic E-state index is 11.2. The Morgan fingerprint density at radius 1 is 1.38 bits per heavy atom. The molecular weight excluding hydrogens is 166 g/mol. The molecule has 0 aliphatic rings. The fourth-order valence-corrected chi connectivity index (χ4v) is 1.27. The maximum Gasteiger partial charge on any atom is 0.274 e. The molecule has 0 bridgehead atoms. The average molecular weight is 179 g/mol. The van der Waals surface area contributed by atoms with E-state index in [1.807, 2.05) is 26.0 Å². The number of nitrogens with one attached hydrogen (secondary N) is 1. The summed E-state index contributed by atoms with van der Waals surface area (Å²) >= 11 is 0. The SMILES string of the molecule is CC(C)c1ccccc1C(=O)NO. The first kappa shape index (κ1) is 9.74. The van der Waals surface area contributed by atoms with Gasteiger partial charge in [0.05, 0.1) is 0 Å². The van der Waals surface area contributed by atoms with E-state index in [1.165, 1.54) is 0 Å². The van der Waals surface area contributed by atoms with Crippen molar-refractivity contribution in [3.05, 3.63) is 35.4 Å². The Hall–Kier alpha value is -1.35. The zero-order valence-electron chi connectivity index (χ0n) is 7.74. The van der Waals surface area contributed by atoms with E-state index in [4.69, 9.17) is 5.21 Å². The molecule has 0 aromatic heterocycles. The van der Waals surface area contributed by atoms with E-state index >= 15 is 0 Å². The molecule has 0 saturated heterocycles. The Balaban J connectivity index is 3.12. The van der Waals surface area contributed by atoms with Gasteiger partial charge >= 0.3 is 0 Å². The zero-order valence-corrected chi connectivity index (χ0v) is 7.74. The standard InChI is InChI=1S/C10H13NO2/c1-7(2)8-5-3-4-6-9(8)10(12)11-13/h3-7,13H,1-2H3,(H,11,12). The number of hydroxylamine groups is 1. The van der Waals surface area contributed by atoms with Crippen molar-refractivity contribution in [2.24, 2.45) is 0 Å². The summed E-state index contributed by atoms with van der Waals surface area (Å²) < 4.78 is 0. The Bertz CT molecular complexity index is 308. The van der Waals surface area contributed by atoms with Gasteiger partial charge in [-0.1, -0.05) is 32.0 Å². The molecule has 0 radical (unpaired) electrons. The molecule has 70 valence electrons. The second-order valence-corrected chi connectivity index (χ2v) is 3.18. The Morgan fingerprint density at radius 2 is 2.00 bits per heavy atom. The first-order valence-corrected chi connectivity index (χ1v) is 4.20. The molecule has 0 atom stereocenters. The predicted molar refractivity (Wildman–Crippen MR) is 49.8 cm³/mol. The second kappa shape index (κ2) is 4.05. The van der Waals surface area contributed by atoms with Crippen LogP contribution in [0.1, 0.15) is 35.7 Å². The number of amides is 1. The summed E-state index contributed by atoms with van der Waals surface area (Å²) in [6.45, 7) is 4.01. The Morgan fingerprint density at radius 3 is 2.54 bits per heavy atom. The lowest BCUT2D eigenvalue weighted by atomic mass is 9.97. The van der Waals surface area contributed by atoms with Crippen molar-refractivity contribution in [1.29, 1.82) is 0 Å². The lowest BCUT2D eigenvalue weighted by molar-refractivity contribution is 0.0705. The first-order chi connectivity index (χ1) is 6.16. The highest BCUT2D eigenvalue weighted by Gasteiger charge is 2.11. The van der Waals surface area contributed by atoms with E-state index in [0.717, 1.165) is 5.56 Å². The molecule has 0 unspecified atom stereocenters. The van der Waals surface area contributed by atoms with Gasteiger partial charge in [-0.15, -0.1) is 0 Å². The van der Waals surface area contributed by atoms with Crippen LogP contribution in [0.4, 0.5) is 0 Å². The molecule has 1 aromatic carbocycles.